The van der Waals surface area contributed by atoms with Crippen LogP contribution in [-0.4, -0.2) is 49.2 Å². The molecule has 0 spiro atoms. The molecule has 0 saturated heterocycles. The molecule has 0 aliphatic rings. The van der Waals surface area contributed by atoms with Gasteiger partial charge in [0, 0.05) is 10.9 Å². The van der Waals surface area contributed by atoms with Crippen LogP contribution in [-0.2, 0) is 0 Å². The Hall–Kier alpha value is -0.0300. The molecule has 0 saturated carbocycles. The molecule has 16 heavy (non-hydrogen) atoms. The quantitative estimate of drug-likeness (QED) is 0.367. The van der Waals surface area contributed by atoms with Crippen molar-refractivity contribution in [3.05, 3.63) is 0 Å². The molecule has 0 bridgehead atoms. The van der Waals surface area contributed by atoms with Gasteiger partial charge in [-0.25, -0.2) is 0 Å². The molecule has 2 N–H and O–H groups in total. The molecule has 0 aromatic heterocycles. The van der Waals surface area contributed by atoms with Gasteiger partial charge in [-0.2, -0.15) is 0 Å². The first-order valence-electron chi connectivity index (χ1n) is 6.14. The predicted molar refractivity (Wildman–Crippen MR) is 76.1 cm³/mol. The van der Waals surface area contributed by atoms with E-state index in [-0.39, 0.29) is 0 Å². The summed E-state index contributed by atoms with van der Waals surface area (Å²) in [6.45, 7) is 8.55. The maximum Gasteiger partial charge on any atom is 0.0547 e. The molecule has 96 valence electrons. The summed E-state index contributed by atoms with van der Waals surface area (Å²) in [4.78, 5) is 3.30. The molecule has 0 amide bonds. The van der Waals surface area contributed by atoms with Crippen molar-refractivity contribution in [3.8, 4) is 0 Å². The van der Waals surface area contributed by atoms with Crippen molar-refractivity contribution in [1.29, 1.82) is 0 Å². The molecule has 0 aromatic carbocycles. The van der Waals surface area contributed by atoms with Crippen LogP contribution in [0.15, 0.2) is 0 Å². The first-order valence-corrected chi connectivity index (χ1v) is 6.55. The van der Waals surface area contributed by atoms with E-state index < -0.39 is 0 Å². The fraction of sp³-hybridized carbons (Fsp3) is 0.917. The van der Waals surface area contributed by atoms with E-state index in [1.807, 2.05) is 0 Å². The lowest BCUT2D eigenvalue weighted by Gasteiger charge is -2.21. The van der Waals surface area contributed by atoms with Gasteiger partial charge in [0.15, 0.2) is 0 Å². The number of rotatable bonds is 9. The molecule has 0 aliphatic heterocycles. The molecule has 0 fully saturated rings. The Bertz CT molecular complexity index is 195. The molecule has 0 radical (unpaired) electrons. The van der Waals surface area contributed by atoms with Crippen LogP contribution in [0.1, 0.15) is 33.6 Å². The molecule has 0 heterocycles. The smallest absolute Gasteiger partial charge is 0.0547 e. The van der Waals surface area contributed by atoms with Gasteiger partial charge in [0.2, 0.25) is 0 Å². The fourth-order valence-electron chi connectivity index (χ4n) is 1.55. The number of nitrogens with zero attached hydrogens (tertiary/aromatic N) is 1. The summed E-state index contributed by atoms with van der Waals surface area (Å²) in [6, 6.07) is 0.316. The Morgan fingerprint density at radius 3 is 2.44 bits per heavy atom. The van der Waals surface area contributed by atoms with E-state index in [0.29, 0.717) is 12.2 Å². The second kappa shape index (κ2) is 9.05. The maximum atomic E-state index is 5.27. The van der Waals surface area contributed by atoms with Crippen LogP contribution >= 0.6 is 12.2 Å². The van der Waals surface area contributed by atoms with E-state index in [1.165, 1.54) is 6.42 Å². The SMILES string of the molecule is CCC(=S)C(C)NC(C)NCCCN(C)C. The Morgan fingerprint density at radius 1 is 1.31 bits per heavy atom. The minimum absolute atomic E-state index is 0.316. The van der Waals surface area contributed by atoms with Crippen LogP contribution in [0.25, 0.3) is 0 Å². The summed E-state index contributed by atoms with van der Waals surface area (Å²) in [5.74, 6) is 0. The zero-order valence-corrected chi connectivity index (χ0v) is 12.2. The Balaban J connectivity index is 3.58. The van der Waals surface area contributed by atoms with Gasteiger partial charge in [-0.15, -0.1) is 0 Å². The molecule has 0 aromatic rings. The fourth-order valence-corrected chi connectivity index (χ4v) is 1.61. The van der Waals surface area contributed by atoms with Crippen LogP contribution in [0.3, 0.4) is 0 Å². The topological polar surface area (TPSA) is 27.3 Å². The Kier molecular flexibility index (Phi) is 9.03. The Labute approximate surface area is 106 Å². The number of thiocarbonyl (C=S) groups is 1. The van der Waals surface area contributed by atoms with Crippen molar-refractivity contribution in [3.63, 3.8) is 0 Å². The highest BCUT2D eigenvalue weighted by atomic mass is 32.1. The van der Waals surface area contributed by atoms with E-state index in [4.69, 9.17) is 12.2 Å². The van der Waals surface area contributed by atoms with Gasteiger partial charge in [-0.3, -0.25) is 5.32 Å². The number of nitrogens with one attached hydrogen (secondary N) is 2. The number of hydrogen-bond donors (Lipinski definition) is 2. The van der Waals surface area contributed by atoms with E-state index in [1.54, 1.807) is 0 Å². The summed E-state index contributed by atoms with van der Waals surface area (Å²) in [5.41, 5.74) is 0. The maximum absolute atomic E-state index is 5.27. The standard InChI is InChI=1S/C12H27N3S/c1-6-12(16)10(2)14-11(3)13-8-7-9-15(4)5/h10-11,13-14H,6-9H2,1-5H3. The highest BCUT2D eigenvalue weighted by Gasteiger charge is 2.09. The van der Waals surface area contributed by atoms with Crippen molar-refractivity contribution < 1.29 is 0 Å². The lowest BCUT2D eigenvalue weighted by Crippen LogP contribution is -2.47. The third kappa shape index (κ3) is 8.16. The van der Waals surface area contributed by atoms with Crippen molar-refractivity contribution in [2.24, 2.45) is 0 Å². The number of hydrogen-bond acceptors (Lipinski definition) is 4. The molecule has 0 aliphatic carbocycles. The van der Waals surface area contributed by atoms with Gasteiger partial charge in [-0.1, -0.05) is 19.1 Å². The normalized spacial score (nSPS) is 15.1. The molecular weight excluding hydrogens is 218 g/mol. The van der Waals surface area contributed by atoms with E-state index in [0.717, 1.165) is 24.4 Å². The molecule has 3 nitrogen and oxygen atoms in total. The van der Waals surface area contributed by atoms with Crippen LogP contribution < -0.4 is 10.6 Å². The first-order chi connectivity index (χ1) is 7.47. The van der Waals surface area contributed by atoms with E-state index in [9.17, 15) is 0 Å². The third-order valence-corrected chi connectivity index (χ3v) is 3.21. The summed E-state index contributed by atoms with van der Waals surface area (Å²) in [6.07, 6.45) is 2.46. The van der Waals surface area contributed by atoms with Gasteiger partial charge in [0.1, 0.15) is 0 Å². The first kappa shape index (κ1) is 16.0. The minimum atomic E-state index is 0.316. The third-order valence-electron chi connectivity index (χ3n) is 2.56. The van der Waals surface area contributed by atoms with Crippen LogP contribution in [0, 0.1) is 0 Å². The second-order valence-corrected chi connectivity index (χ2v) is 5.07. The van der Waals surface area contributed by atoms with Gasteiger partial charge in [0.25, 0.3) is 0 Å². The summed E-state index contributed by atoms with van der Waals surface area (Å²) >= 11 is 5.27. The summed E-state index contributed by atoms with van der Waals surface area (Å²) < 4.78 is 0. The molecule has 4 heteroatoms. The summed E-state index contributed by atoms with van der Waals surface area (Å²) in [7, 11) is 4.20. The van der Waals surface area contributed by atoms with Crippen LogP contribution in [0.5, 0.6) is 0 Å². The molecule has 2 atom stereocenters. The van der Waals surface area contributed by atoms with Gasteiger partial charge < -0.3 is 10.2 Å². The lowest BCUT2D eigenvalue weighted by molar-refractivity contribution is 0.375. The largest absolute Gasteiger partial charge is 0.309 e. The molecule has 0 rings (SSSR count). The van der Waals surface area contributed by atoms with E-state index in [2.05, 4.69) is 50.4 Å². The van der Waals surface area contributed by atoms with Crippen molar-refractivity contribution in [2.75, 3.05) is 27.2 Å². The molecular formula is C12H27N3S. The van der Waals surface area contributed by atoms with Gasteiger partial charge >= 0.3 is 0 Å². The van der Waals surface area contributed by atoms with Gasteiger partial charge in [0.05, 0.1) is 6.17 Å². The summed E-state index contributed by atoms with van der Waals surface area (Å²) in [5, 5.41) is 6.90. The highest BCUT2D eigenvalue weighted by Crippen LogP contribution is 1.94. The zero-order valence-electron chi connectivity index (χ0n) is 11.3. The molecule has 2 unspecified atom stereocenters. The van der Waals surface area contributed by atoms with Crippen molar-refractivity contribution in [1.82, 2.24) is 15.5 Å². The van der Waals surface area contributed by atoms with Crippen LogP contribution in [0.4, 0.5) is 0 Å². The average molecular weight is 245 g/mol. The monoisotopic (exact) mass is 245 g/mol. The van der Waals surface area contributed by atoms with Gasteiger partial charge in [-0.05, 0) is 53.9 Å². The van der Waals surface area contributed by atoms with E-state index >= 15 is 0 Å². The van der Waals surface area contributed by atoms with Crippen molar-refractivity contribution in [2.45, 2.75) is 45.8 Å². The second-order valence-electron chi connectivity index (χ2n) is 4.54. The average Bonchev–Trinajstić information content (AvgIpc) is 2.22. The minimum Gasteiger partial charge on any atom is -0.309 e. The predicted octanol–water partition coefficient (Wildman–Crippen LogP) is 1.63. The highest BCUT2D eigenvalue weighted by molar-refractivity contribution is 7.80. The zero-order chi connectivity index (χ0) is 12.6. The lowest BCUT2D eigenvalue weighted by atomic mass is 10.2. The van der Waals surface area contributed by atoms with Crippen molar-refractivity contribution >= 4 is 17.1 Å². The Morgan fingerprint density at radius 2 is 1.94 bits per heavy atom. The van der Waals surface area contributed by atoms with Crippen LogP contribution in [0.2, 0.25) is 0 Å².